The number of rotatable bonds is 2. The van der Waals surface area contributed by atoms with E-state index in [4.69, 9.17) is 5.73 Å². The standard InChI is InChI=1S/C10H19N/c1-6(2)10(11)9-4-7-3-8(7)5-9/h6-10H,3-5,11H2,1-2H3. The van der Waals surface area contributed by atoms with Crippen molar-refractivity contribution in [3.05, 3.63) is 0 Å². The van der Waals surface area contributed by atoms with Crippen LogP contribution in [0.15, 0.2) is 0 Å². The van der Waals surface area contributed by atoms with Crippen LogP contribution < -0.4 is 5.73 Å². The molecule has 0 spiro atoms. The molecule has 0 bridgehead atoms. The fourth-order valence-corrected chi connectivity index (χ4v) is 2.62. The van der Waals surface area contributed by atoms with E-state index >= 15 is 0 Å². The van der Waals surface area contributed by atoms with Gasteiger partial charge in [-0.15, -0.1) is 0 Å². The van der Waals surface area contributed by atoms with Gasteiger partial charge in [0, 0.05) is 6.04 Å². The average molecular weight is 153 g/mol. The van der Waals surface area contributed by atoms with Crippen molar-refractivity contribution >= 4 is 0 Å². The Morgan fingerprint density at radius 3 is 2.09 bits per heavy atom. The Hall–Kier alpha value is -0.0400. The molecule has 2 N–H and O–H groups in total. The summed E-state index contributed by atoms with van der Waals surface area (Å²) >= 11 is 0. The van der Waals surface area contributed by atoms with Gasteiger partial charge in [0.15, 0.2) is 0 Å². The smallest absolute Gasteiger partial charge is 0.00905 e. The maximum atomic E-state index is 6.10. The molecule has 0 aromatic heterocycles. The van der Waals surface area contributed by atoms with Gasteiger partial charge in [-0.3, -0.25) is 0 Å². The lowest BCUT2D eigenvalue weighted by molar-refractivity contribution is 0.324. The maximum Gasteiger partial charge on any atom is 0.00905 e. The van der Waals surface area contributed by atoms with Crippen molar-refractivity contribution < 1.29 is 0 Å². The lowest BCUT2D eigenvalue weighted by atomic mass is 9.88. The average Bonchev–Trinajstić information content (AvgIpc) is 2.57. The zero-order chi connectivity index (χ0) is 8.01. The summed E-state index contributed by atoms with van der Waals surface area (Å²) in [7, 11) is 0. The van der Waals surface area contributed by atoms with Gasteiger partial charge in [-0.2, -0.15) is 0 Å². The summed E-state index contributed by atoms with van der Waals surface area (Å²) in [6.45, 7) is 4.49. The Morgan fingerprint density at radius 1 is 1.09 bits per heavy atom. The van der Waals surface area contributed by atoms with Crippen LogP contribution in [0.5, 0.6) is 0 Å². The molecule has 1 heteroatoms. The summed E-state index contributed by atoms with van der Waals surface area (Å²) in [6.07, 6.45) is 4.38. The summed E-state index contributed by atoms with van der Waals surface area (Å²) in [4.78, 5) is 0. The molecule has 2 aliphatic carbocycles. The van der Waals surface area contributed by atoms with Crippen LogP contribution in [0.2, 0.25) is 0 Å². The molecule has 0 aromatic carbocycles. The lowest BCUT2D eigenvalue weighted by Crippen LogP contribution is -2.34. The quantitative estimate of drug-likeness (QED) is 0.645. The largest absolute Gasteiger partial charge is 0.327 e. The van der Waals surface area contributed by atoms with Crippen LogP contribution in [0, 0.1) is 23.7 Å². The minimum Gasteiger partial charge on any atom is -0.327 e. The van der Waals surface area contributed by atoms with Crippen molar-refractivity contribution in [1.29, 1.82) is 0 Å². The van der Waals surface area contributed by atoms with Gasteiger partial charge in [-0.1, -0.05) is 13.8 Å². The van der Waals surface area contributed by atoms with Gasteiger partial charge in [-0.05, 0) is 42.9 Å². The van der Waals surface area contributed by atoms with Gasteiger partial charge in [0.1, 0.15) is 0 Å². The first-order valence-corrected chi connectivity index (χ1v) is 4.94. The van der Waals surface area contributed by atoms with E-state index in [0.29, 0.717) is 12.0 Å². The SMILES string of the molecule is CC(C)C(N)C1CC2CC2C1. The molecule has 0 heterocycles. The van der Waals surface area contributed by atoms with Crippen LogP contribution in [0.25, 0.3) is 0 Å². The third-order valence-electron chi connectivity index (χ3n) is 3.59. The number of fused-ring (bicyclic) bond motifs is 1. The van der Waals surface area contributed by atoms with Gasteiger partial charge in [-0.25, -0.2) is 0 Å². The first-order valence-electron chi connectivity index (χ1n) is 4.94. The number of hydrogen-bond acceptors (Lipinski definition) is 1. The zero-order valence-corrected chi connectivity index (χ0v) is 7.59. The van der Waals surface area contributed by atoms with E-state index in [0.717, 1.165) is 17.8 Å². The third-order valence-corrected chi connectivity index (χ3v) is 3.59. The predicted molar refractivity (Wildman–Crippen MR) is 47.1 cm³/mol. The van der Waals surface area contributed by atoms with Crippen molar-refractivity contribution in [3.63, 3.8) is 0 Å². The number of nitrogens with two attached hydrogens (primary N) is 1. The van der Waals surface area contributed by atoms with Crippen LogP contribution in [-0.2, 0) is 0 Å². The van der Waals surface area contributed by atoms with Crippen molar-refractivity contribution in [2.24, 2.45) is 29.4 Å². The lowest BCUT2D eigenvalue weighted by Gasteiger charge is -2.23. The molecule has 0 radical (unpaired) electrons. The highest BCUT2D eigenvalue weighted by molar-refractivity contribution is 4.98. The molecule has 64 valence electrons. The van der Waals surface area contributed by atoms with E-state index in [1.807, 2.05) is 0 Å². The maximum absolute atomic E-state index is 6.10. The minimum absolute atomic E-state index is 0.475. The van der Waals surface area contributed by atoms with Crippen LogP contribution in [0.4, 0.5) is 0 Å². The highest BCUT2D eigenvalue weighted by Gasteiger charge is 2.47. The van der Waals surface area contributed by atoms with Crippen LogP contribution in [0.3, 0.4) is 0 Å². The van der Waals surface area contributed by atoms with E-state index in [9.17, 15) is 0 Å². The fourth-order valence-electron chi connectivity index (χ4n) is 2.62. The second-order valence-corrected chi connectivity index (χ2v) is 4.81. The Labute approximate surface area is 69.4 Å². The monoisotopic (exact) mass is 153 g/mol. The molecule has 0 saturated heterocycles. The molecule has 1 nitrogen and oxygen atoms in total. The molecule has 11 heavy (non-hydrogen) atoms. The zero-order valence-electron chi connectivity index (χ0n) is 7.59. The molecule has 0 amide bonds. The van der Waals surface area contributed by atoms with E-state index in [1.165, 1.54) is 19.3 Å². The number of hydrogen-bond donors (Lipinski definition) is 1. The van der Waals surface area contributed by atoms with Gasteiger partial charge in [0.05, 0.1) is 0 Å². The first kappa shape index (κ1) is 7.60. The van der Waals surface area contributed by atoms with Crippen molar-refractivity contribution in [1.82, 2.24) is 0 Å². The molecule has 0 aromatic rings. The highest BCUT2D eigenvalue weighted by Crippen LogP contribution is 2.55. The summed E-state index contributed by atoms with van der Waals surface area (Å²) in [5.41, 5.74) is 6.10. The third kappa shape index (κ3) is 1.31. The minimum atomic E-state index is 0.475. The van der Waals surface area contributed by atoms with Crippen LogP contribution in [-0.4, -0.2) is 6.04 Å². The Morgan fingerprint density at radius 2 is 1.64 bits per heavy atom. The Balaban J connectivity index is 1.86. The van der Waals surface area contributed by atoms with Crippen molar-refractivity contribution in [3.8, 4) is 0 Å². The molecule has 2 fully saturated rings. The molecular weight excluding hydrogens is 134 g/mol. The van der Waals surface area contributed by atoms with E-state index in [2.05, 4.69) is 13.8 Å². The second kappa shape index (κ2) is 2.48. The summed E-state index contributed by atoms with van der Waals surface area (Å²) in [5.74, 6) is 3.71. The molecule has 2 aliphatic rings. The summed E-state index contributed by atoms with van der Waals surface area (Å²) < 4.78 is 0. The topological polar surface area (TPSA) is 26.0 Å². The van der Waals surface area contributed by atoms with E-state index in [-0.39, 0.29) is 0 Å². The first-order chi connectivity index (χ1) is 5.18. The highest BCUT2D eigenvalue weighted by atomic mass is 14.7. The van der Waals surface area contributed by atoms with Crippen LogP contribution in [0.1, 0.15) is 33.1 Å². The molecular formula is C10H19N. The predicted octanol–water partition coefficient (Wildman–Crippen LogP) is 2.02. The van der Waals surface area contributed by atoms with Gasteiger partial charge in [0.25, 0.3) is 0 Å². The Bertz CT molecular complexity index is 143. The molecule has 3 unspecified atom stereocenters. The molecule has 2 rings (SSSR count). The van der Waals surface area contributed by atoms with Gasteiger partial charge >= 0.3 is 0 Å². The normalized spacial score (nSPS) is 44.2. The molecule has 2 saturated carbocycles. The van der Waals surface area contributed by atoms with E-state index < -0.39 is 0 Å². The Kier molecular flexibility index (Phi) is 1.71. The molecule has 0 aliphatic heterocycles. The fraction of sp³-hybridized carbons (Fsp3) is 1.00. The second-order valence-electron chi connectivity index (χ2n) is 4.81. The van der Waals surface area contributed by atoms with Crippen LogP contribution >= 0.6 is 0 Å². The van der Waals surface area contributed by atoms with Crippen molar-refractivity contribution in [2.45, 2.75) is 39.2 Å². The van der Waals surface area contributed by atoms with Gasteiger partial charge < -0.3 is 5.73 Å². The van der Waals surface area contributed by atoms with Gasteiger partial charge in [0.2, 0.25) is 0 Å². The van der Waals surface area contributed by atoms with E-state index in [1.54, 1.807) is 0 Å². The van der Waals surface area contributed by atoms with Crippen molar-refractivity contribution in [2.75, 3.05) is 0 Å². The summed E-state index contributed by atoms with van der Waals surface area (Å²) in [6, 6.07) is 0.475. The molecule has 3 atom stereocenters. The summed E-state index contributed by atoms with van der Waals surface area (Å²) in [5, 5.41) is 0.